The van der Waals surface area contributed by atoms with E-state index < -0.39 is 15.9 Å². The first-order valence-electron chi connectivity index (χ1n) is 8.04. The Bertz CT molecular complexity index is 956. The predicted octanol–water partition coefficient (Wildman–Crippen LogP) is 2.54. The number of hydrogen-bond acceptors (Lipinski definition) is 5. The molecule has 0 bridgehead atoms. The van der Waals surface area contributed by atoms with Crippen LogP contribution in [0.15, 0.2) is 47.6 Å². The number of carbonyl (C=O) groups is 1. The van der Waals surface area contributed by atoms with Crippen LogP contribution < -0.4 is 0 Å². The fourth-order valence-electron chi connectivity index (χ4n) is 2.36. The molecule has 1 aromatic heterocycles. The van der Waals surface area contributed by atoms with Crippen LogP contribution in [0, 0.1) is 11.3 Å². The Kier molecular flexibility index (Phi) is 6.91. The highest BCUT2D eigenvalue weighted by Crippen LogP contribution is 2.24. The molecule has 0 fully saturated rings. The molecule has 0 aliphatic carbocycles. The van der Waals surface area contributed by atoms with E-state index in [4.69, 9.17) is 16.9 Å². The van der Waals surface area contributed by atoms with Gasteiger partial charge in [-0.3, -0.25) is 9.78 Å². The van der Waals surface area contributed by atoms with Crippen molar-refractivity contribution in [2.24, 2.45) is 0 Å². The highest BCUT2D eigenvalue weighted by Gasteiger charge is 2.23. The summed E-state index contributed by atoms with van der Waals surface area (Å²) in [6, 6.07) is 9.58. The molecule has 0 unspecified atom stereocenters. The Labute approximate surface area is 163 Å². The van der Waals surface area contributed by atoms with Crippen LogP contribution in [0.25, 0.3) is 0 Å². The second-order valence-electron chi connectivity index (χ2n) is 5.93. The molecule has 0 aliphatic rings. The van der Waals surface area contributed by atoms with Gasteiger partial charge in [0, 0.05) is 39.6 Å². The SMILES string of the molecule is CN(C)S(=O)(=O)c1ccc(Cl)c(C(=O)N(CCC#N)Cc2cccnc2)c1. The second-order valence-corrected chi connectivity index (χ2v) is 8.48. The summed E-state index contributed by atoms with van der Waals surface area (Å²) in [6.07, 6.45) is 3.39. The number of rotatable bonds is 7. The van der Waals surface area contributed by atoms with Crippen molar-refractivity contribution in [3.8, 4) is 6.07 Å². The van der Waals surface area contributed by atoms with Crippen LogP contribution in [0.3, 0.4) is 0 Å². The molecule has 27 heavy (non-hydrogen) atoms. The zero-order valence-electron chi connectivity index (χ0n) is 15.0. The maximum absolute atomic E-state index is 13.0. The molecule has 9 heteroatoms. The molecule has 0 aliphatic heterocycles. The van der Waals surface area contributed by atoms with Crippen molar-refractivity contribution in [1.82, 2.24) is 14.2 Å². The Morgan fingerprint density at radius 2 is 2.04 bits per heavy atom. The third-order valence-electron chi connectivity index (χ3n) is 3.82. The standard InChI is InChI=1S/C18H19ClN4O3S/c1-22(2)27(25,26)15-6-7-17(19)16(11-15)18(24)23(10-4-8-20)13-14-5-3-9-21-12-14/h3,5-7,9,11-12H,4,10,13H2,1-2H3. The minimum absolute atomic E-state index is 0.0261. The minimum Gasteiger partial charge on any atom is -0.333 e. The van der Waals surface area contributed by atoms with Crippen molar-refractivity contribution in [2.45, 2.75) is 17.9 Å². The summed E-state index contributed by atoms with van der Waals surface area (Å²) in [5.74, 6) is -0.449. The van der Waals surface area contributed by atoms with E-state index in [1.165, 1.54) is 37.2 Å². The molecule has 1 amide bonds. The average Bonchev–Trinajstić information content (AvgIpc) is 2.65. The number of benzene rings is 1. The van der Waals surface area contributed by atoms with Gasteiger partial charge >= 0.3 is 0 Å². The molecule has 0 N–H and O–H groups in total. The summed E-state index contributed by atoms with van der Waals surface area (Å²) in [4.78, 5) is 18.5. The zero-order valence-corrected chi connectivity index (χ0v) is 16.5. The molecule has 0 radical (unpaired) electrons. The highest BCUT2D eigenvalue weighted by atomic mass is 35.5. The van der Waals surface area contributed by atoms with E-state index in [0.717, 1.165) is 9.87 Å². The van der Waals surface area contributed by atoms with E-state index in [1.54, 1.807) is 18.5 Å². The Balaban J connectivity index is 2.40. The number of amides is 1. The van der Waals surface area contributed by atoms with Crippen molar-refractivity contribution in [2.75, 3.05) is 20.6 Å². The minimum atomic E-state index is -3.71. The van der Waals surface area contributed by atoms with E-state index in [9.17, 15) is 13.2 Å². The Morgan fingerprint density at radius 3 is 2.63 bits per heavy atom. The molecular formula is C18H19ClN4O3S. The fourth-order valence-corrected chi connectivity index (χ4v) is 3.49. The average molecular weight is 407 g/mol. The fraction of sp³-hybridized carbons (Fsp3) is 0.278. The van der Waals surface area contributed by atoms with E-state index in [0.29, 0.717) is 0 Å². The summed E-state index contributed by atoms with van der Waals surface area (Å²) >= 11 is 6.17. The normalized spacial score (nSPS) is 11.2. The number of aromatic nitrogens is 1. The summed E-state index contributed by atoms with van der Waals surface area (Å²) in [5.41, 5.74) is 0.860. The lowest BCUT2D eigenvalue weighted by atomic mass is 10.1. The van der Waals surface area contributed by atoms with Gasteiger partial charge in [-0.25, -0.2) is 12.7 Å². The lowest BCUT2D eigenvalue weighted by Gasteiger charge is -2.23. The van der Waals surface area contributed by atoms with Crippen LogP contribution in [-0.2, 0) is 16.6 Å². The topological polar surface area (TPSA) is 94.4 Å². The molecule has 2 rings (SSSR count). The van der Waals surface area contributed by atoms with Gasteiger partial charge in [-0.2, -0.15) is 5.26 Å². The van der Waals surface area contributed by atoms with E-state index >= 15 is 0 Å². The first kappa shape index (κ1) is 20.8. The molecule has 1 heterocycles. The van der Waals surface area contributed by atoms with Crippen LogP contribution in [0.2, 0.25) is 5.02 Å². The molecule has 0 atom stereocenters. The predicted molar refractivity (Wildman–Crippen MR) is 102 cm³/mol. The van der Waals surface area contributed by atoms with Crippen molar-refractivity contribution in [3.63, 3.8) is 0 Å². The Hall–Kier alpha value is -2.47. The second kappa shape index (κ2) is 8.95. The summed E-state index contributed by atoms with van der Waals surface area (Å²) < 4.78 is 25.8. The van der Waals surface area contributed by atoms with Gasteiger partial charge in [-0.05, 0) is 29.8 Å². The van der Waals surface area contributed by atoms with Gasteiger partial charge in [0.1, 0.15) is 0 Å². The van der Waals surface area contributed by atoms with Gasteiger partial charge in [0.2, 0.25) is 10.0 Å². The molecule has 7 nitrogen and oxygen atoms in total. The van der Waals surface area contributed by atoms with Crippen molar-refractivity contribution in [3.05, 3.63) is 58.9 Å². The summed E-state index contributed by atoms with van der Waals surface area (Å²) in [6.45, 7) is 0.417. The molecule has 2 aromatic rings. The van der Waals surface area contributed by atoms with E-state index in [-0.39, 0.29) is 35.0 Å². The largest absolute Gasteiger partial charge is 0.333 e. The number of nitrogens with zero attached hydrogens (tertiary/aromatic N) is 4. The van der Waals surface area contributed by atoms with Gasteiger partial charge in [-0.1, -0.05) is 17.7 Å². The molecule has 0 saturated heterocycles. The van der Waals surface area contributed by atoms with Crippen LogP contribution in [0.1, 0.15) is 22.3 Å². The van der Waals surface area contributed by atoms with E-state index in [1.807, 2.05) is 12.1 Å². The third kappa shape index (κ3) is 5.04. The van der Waals surface area contributed by atoms with Gasteiger partial charge in [-0.15, -0.1) is 0 Å². The maximum atomic E-state index is 13.0. The van der Waals surface area contributed by atoms with Crippen LogP contribution in [-0.4, -0.2) is 49.2 Å². The number of hydrogen-bond donors (Lipinski definition) is 0. The van der Waals surface area contributed by atoms with Crippen molar-refractivity contribution in [1.29, 1.82) is 5.26 Å². The van der Waals surface area contributed by atoms with Gasteiger partial charge in [0.25, 0.3) is 5.91 Å². The van der Waals surface area contributed by atoms with Crippen LogP contribution in [0.4, 0.5) is 0 Å². The molecule has 0 spiro atoms. The first-order valence-corrected chi connectivity index (χ1v) is 9.86. The van der Waals surface area contributed by atoms with Crippen molar-refractivity contribution >= 4 is 27.5 Å². The smallest absolute Gasteiger partial charge is 0.255 e. The van der Waals surface area contributed by atoms with Crippen LogP contribution in [0.5, 0.6) is 0 Å². The number of sulfonamides is 1. The zero-order chi connectivity index (χ0) is 20.0. The quantitative estimate of drug-likeness (QED) is 0.704. The molecule has 142 valence electrons. The van der Waals surface area contributed by atoms with Gasteiger partial charge in [0.15, 0.2) is 0 Å². The lowest BCUT2D eigenvalue weighted by molar-refractivity contribution is 0.0746. The molecule has 0 saturated carbocycles. The van der Waals surface area contributed by atoms with Crippen molar-refractivity contribution < 1.29 is 13.2 Å². The highest BCUT2D eigenvalue weighted by molar-refractivity contribution is 7.89. The molecule has 1 aromatic carbocycles. The number of carbonyl (C=O) groups excluding carboxylic acids is 1. The summed E-state index contributed by atoms with van der Waals surface area (Å²) in [5, 5.41) is 9.03. The third-order valence-corrected chi connectivity index (χ3v) is 5.96. The lowest BCUT2D eigenvalue weighted by Crippen LogP contribution is -2.32. The first-order chi connectivity index (χ1) is 12.8. The maximum Gasteiger partial charge on any atom is 0.255 e. The summed E-state index contributed by atoms with van der Waals surface area (Å²) in [7, 11) is -0.890. The van der Waals surface area contributed by atoms with E-state index in [2.05, 4.69) is 4.98 Å². The van der Waals surface area contributed by atoms with Gasteiger partial charge in [0.05, 0.1) is 28.0 Å². The van der Waals surface area contributed by atoms with Crippen LogP contribution >= 0.6 is 11.6 Å². The number of pyridine rings is 1. The Morgan fingerprint density at radius 1 is 1.30 bits per heavy atom. The molecular weight excluding hydrogens is 388 g/mol. The number of nitriles is 1. The monoisotopic (exact) mass is 406 g/mol. The van der Waals surface area contributed by atoms with Gasteiger partial charge < -0.3 is 4.90 Å². The number of halogens is 1.